The van der Waals surface area contributed by atoms with Gasteiger partial charge in [0, 0.05) is 41.9 Å². The number of sulfone groups is 1. The summed E-state index contributed by atoms with van der Waals surface area (Å²) in [5.74, 6) is -0.111. The number of likely N-dealkylation sites (tertiary alicyclic amines) is 1. The Labute approximate surface area is 272 Å². The summed E-state index contributed by atoms with van der Waals surface area (Å²) in [6.45, 7) is 5.43. The number of thiazole rings is 1. The normalized spacial score (nSPS) is 17.1. The Balaban J connectivity index is 1.05. The van der Waals surface area contributed by atoms with Gasteiger partial charge in [0.15, 0.2) is 0 Å². The number of hydrogen-bond acceptors (Lipinski definition) is 9. The van der Waals surface area contributed by atoms with Gasteiger partial charge < -0.3 is 20.1 Å². The Morgan fingerprint density at radius 2 is 1.91 bits per heavy atom. The van der Waals surface area contributed by atoms with Crippen LogP contribution in [0.2, 0.25) is 0 Å². The van der Waals surface area contributed by atoms with Gasteiger partial charge in [-0.2, -0.15) is 0 Å². The molecule has 10 nitrogen and oxygen atoms in total. The van der Waals surface area contributed by atoms with E-state index in [1.165, 1.54) is 48.4 Å². The summed E-state index contributed by atoms with van der Waals surface area (Å²) < 4.78 is 38.0. The number of carbonyl (C=O) groups excluding carboxylic acids is 2. The lowest BCUT2D eigenvalue weighted by Crippen LogP contribution is -2.34. The van der Waals surface area contributed by atoms with Crippen molar-refractivity contribution in [2.75, 3.05) is 38.7 Å². The number of amides is 2. The second-order valence-corrected chi connectivity index (χ2v) is 14.4. The van der Waals surface area contributed by atoms with Gasteiger partial charge in [-0.15, -0.1) is 11.3 Å². The van der Waals surface area contributed by atoms with E-state index in [9.17, 15) is 18.0 Å². The highest BCUT2D eigenvalue weighted by Crippen LogP contribution is 2.37. The Hall–Kier alpha value is -4.10. The van der Waals surface area contributed by atoms with E-state index in [0.29, 0.717) is 18.2 Å². The number of aromatic nitrogens is 1. The number of carbonyl (C=O) groups is 2. The van der Waals surface area contributed by atoms with E-state index in [-0.39, 0.29) is 39.1 Å². The molecule has 6 rings (SSSR count). The van der Waals surface area contributed by atoms with Gasteiger partial charge in [0.2, 0.25) is 9.84 Å². The van der Waals surface area contributed by atoms with Gasteiger partial charge in [-0.3, -0.25) is 14.5 Å². The average molecular weight is 661 g/mol. The van der Waals surface area contributed by atoms with E-state index in [2.05, 4.69) is 20.5 Å². The molecule has 3 heterocycles. The molecule has 1 fully saturated rings. The monoisotopic (exact) mass is 660 g/mol. The van der Waals surface area contributed by atoms with Crippen LogP contribution in [0.1, 0.15) is 50.4 Å². The van der Waals surface area contributed by atoms with Gasteiger partial charge in [-0.25, -0.2) is 13.4 Å². The van der Waals surface area contributed by atoms with Crippen molar-refractivity contribution in [1.82, 2.24) is 15.2 Å². The summed E-state index contributed by atoms with van der Waals surface area (Å²) >= 11 is 1.47. The molecule has 1 atom stereocenters. The van der Waals surface area contributed by atoms with Crippen molar-refractivity contribution in [3.05, 3.63) is 88.4 Å². The summed E-state index contributed by atoms with van der Waals surface area (Å²) in [5.41, 5.74) is 1.78. The number of fused-ring (bicyclic) bond motifs is 2. The average Bonchev–Trinajstić information content (AvgIpc) is 3.71. The smallest absolute Gasteiger partial charge is 0.257 e. The molecule has 2 amide bonds. The fourth-order valence-electron chi connectivity index (χ4n) is 6.01. The van der Waals surface area contributed by atoms with Crippen LogP contribution < -0.4 is 15.4 Å². The highest BCUT2D eigenvalue weighted by Gasteiger charge is 2.33. The first kappa shape index (κ1) is 31.9. The van der Waals surface area contributed by atoms with E-state index in [1.54, 1.807) is 32.4 Å². The van der Waals surface area contributed by atoms with Crippen LogP contribution >= 0.6 is 11.3 Å². The van der Waals surface area contributed by atoms with Crippen molar-refractivity contribution >= 4 is 38.7 Å². The first-order valence-corrected chi connectivity index (χ1v) is 17.5. The number of anilines is 1. The molecule has 2 N–H and O–H groups in total. The molecule has 0 bridgehead atoms. The zero-order chi connectivity index (χ0) is 32.3. The minimum atomic E-state index is -3.97. The van der Waals surface area contributed by atoms with E-state index in [1.807, 2.05) is 24.3 Å². The molecule has 0 radical (unpaired) electrons. The number of hydrogen-bond donors (Lipinski definition) is 2. The summed E-state index contributed by atoms with van der Waals surface area (Å²) in [6, 6.07) is 17.3. The summed E-state index contributed by atoms with van der Waals surface area (Å²) in [5, 5.41) is 6.43. The lowest BCUT2D eigenvalue weighted by Gasteiger charge is -2.23. The molecule has 2 aliphatic rings. The van der Waals surface area contributed by atoms with E-state index in [0.717, 1.165) is 47.3 Å². The van der Waals surface area contributed by atoms with Crippen LogP contribution in [0.15, 0.2) is 76.7 Å². The predicted molar refractivity (Wildman–Crippen MR) is 176 cm³/mol. The second kappa shape index (κ2) is 13.7. The van der Waals surface area contributed by atoms with Crippen LogP contribution in [-0.2, 0) is 21.1 Å². The fraction of sp³-hybridized carbons (Fsp3) is 0.324. The highest BCUT2D eigenvalue weighted by molar-refractivity contribution is 7.91. The van der Waals surface area contributed by atoms with Gasteiger partial charge in [-0.05, 0) is 86.8 Å². The number of rotatable bonds is 11. The molecule has 1 aromatic heterocycles. The second-order valence-electron chi connectivity index (χ2n) is 11.4. The molecule has 0 unspecified atom stereocenters. The molecular weight excluding hydrogens is 625 g/mol. The first-order chi connectivity index (χ1) is 22.3. The Kier molecular flexibility index (Phi) is 9.50. The van der Waals surface area contributed by atoms with E-state index >= 15 is 0 Å². The molecule has 0 spiro atoms. The van der Waals surface area contributed by atoms with Crippen LogP contribution in [0.5, 0.6) is 5.75 Å². The third kappa shape index (κ3) is 6.57. The molecule has 2 aliphatic heterocycles. The van der Waals surface area contributed by atoms with Gasteiger partial charge in [0.1, 0.15) is 10.8 Å². The Morgan fingerprint density at radius 3 is 2.72 bits per heavy atom. The van der Waals surface area contributed by atoms with Crippen LogP contribution in [0.25, 0.3) is 10.6 Å². The van der Waals surface area contributed by atoms with Crippen molar-refractivity contribution in [2.45, 2.75) is 48.6 Å². The van der Waals surface area contributed by atoms with Crippen molar-refractivity contribution in [3.8, 4) is 16.3 Å². The Morgan fingerprint density at radius 1 is 1.11 bits per heavy atom. The quantitative estimate of drug-likeness (QED) is 0.207. The molecule has 0 aliphatic carbocycles. The van der Waals surface area contributed by atoms with Gasteiger partial charge in [-0.1, -0.05) is 12.1 Å². The zero-order valence-electron chi connectivity index (χ0n) is 25.7. The molecule has 1 saturated heterocycles. The fourth-order valence-corrected chi connectivity index (χ4v) is 8.53. The Bertz CT molecular complexity index is 1860. The number of nitrogens with one attached hydrogen (secondary N) is 2. The summed E-state index contributed by atoms with van der Waals surface area (Å²) in [7, 11) is -2.21. The topological polar surface area (TPSA) is 127 Å². The molecular formula is C34H36N4O6S2. The minimum Gasteiger partial charge on any atom is -0.494 e. The third-order valence-corrected chi connectivity index (χ3v) is 11.3. The van der Waals surface area contributed by atoms with Crippen molar-refractivity contribution in [3.63, 3.8) is 0 Å². The molecule has 4 aromatic rings. The van der Waals surface area contributed by atoms with Gasteiger partial charge in [0.25, 0.3) is 11.8 Å². The number of benzene rings is 3. The van der Waals surface area contributed by atoms with Crippen molar-refractivity contribution in [1.29, 1.82) is 0 Å². The predicted octanol–water partition coefficient (Wildman–Crippen LogP) is 5.33. The van der Waals surface area contributed by atoms with Crippen LogP contribution in [0.3, 0.4) is 0 Å². The maximum Gasteiger partial charge on any atom is 0.257 e. The van der Waals surface area contributed by atoms with Gasteiger partial charge >= 0.3 is 0 Å². The van der Waals surface area contributed by atoms with Crippen molar-refractivity contribution < 1.29 is 27.5 Å². The lowest BCUT2D eigenvalue weighted by molar-refractivity contribution is 0.0949. The number of methoxy groups -OCH3 is 1. The van der Waals surface area contributed by atoms with Crippen LogP contribution in [0, 0.1) is 6.92 Å². The SMILES string of the molecule is COC[C@@H]1CCCN1CCCOc1ccc(-c2ncc(CNC(=O)c3ccc4c(c3C)NC(=O)c3ccccc3S4(=O)=O)s2)cc1. The number of nitrogens with zero attached hydrogens (tertiary/aromatic N) is 2. The highest BCUT2D eigenvalue weighted by atomic mass is 32.2. The third-order valence-electron chi connectivity index (χ3n) is 8.42. The van der Waals surface area contributed by atoms with Crippen molar-refractivity contribution in [2.24, 2.45) is 0 Å². The summed E-state index contributed by atoms with van der Waals surface area (Å²) in [4.78, 5) is 33.9. The summed E-state index contributed by atoms with van der Waals surface area (Å²) in [6.07, 6.45) is 5.10. The number of ether oxygens (including phenoxy) is 2. The van der Waals surface area contributed by atoms with Gasteiger partial charge in [0.05, 0.1) is 40.8 Å². The van der Waals surface area contributed by atoms with E-state index < -0.39 is 15.7 Å². The standard InChI is InChI=1S/C34H36N4O6S2/c1-22-27(14-15-30-31(22)37-33(40)28-8-3-4-9-29(28)46(30,41)42)32(39)35-19-26-20-36-34(45-26)23-10-12-25(13-11-23)44-18-6-17-38-16-5-7-24(38)21-43-2/h3-4,8-15,20,24H,5-7,16-19,21H2,1-2H3,(H,35,39)(H,37,40)/t24-/m0/s1. The largest absolute Gasteiger partial charge is 0.494 e. The lowest BCUT2D eigenvalue weighted by atomic mass is 10.1. The molecule has 240 valence electrons. The molecule has 0 saturated carbocycles. The van der Waals surface area contributed by atoms with Crippen LogP contribution in [-0.4, -0.2) is 69.6 Å². The molecule has 46 heavy (non-hydrogen) atoms. The maximum absolute atomic E-state index is 13.4. The minimum absolute atomic E-state index is 0.0402. The zero-order valence-corrected chi connectivity index (χ0v) is 27.4. The van der Waals surface area contributed by atoms with Crippen LogP contribution in [0.4, 0.5) is 5.69 Å². The molecule has 3 aromatic carbocycles. The molecule has 12 heteroatoms. The first-order valence-electron chi connectivity index (χ1n) is 15.2. The van der Waals surface area contributed by atoms with E-state index in [4.69, 9.17) is 9.47 Å². The maximum atomic E-state index is 13.4.